The molecular formula is C25H40O4. The van der Waals surface area contributed by atoms with Crippen LogP contribution in [-0.2, 0) is 9.53 Å². The summed E-state index contributed by atoms with van der Waals surface area (Å²) in [5.41, 5.74) is 0. The van der Waals surface area contributed by atoms with Crippen LogP contribution in [0.1, 0.15) is 71.1 Å². The molecule has 0 aliphatic carbocycles. The lowest BCUT2D eigenvalue weighted by Crippen LogP contribution is -2.25. The standard InChI is InChI=1S/C25H40O4/c1-2-3-4-5-6-7-8-9-10-11-12-13-14-15-16-17-18-19-20-21-25(28)29-24(22-26)23-27/h6-7,9-10,12-13,15-16,18-19,24,26-27H,2-5,8,11,14,17,20-23H2,1H3/b7-6-,10-9-,13-12-,16-15-,19-18-. The van der Waals surface area contributed by atoms with Crippen molar-refractivity contribution in [1.82, 2.24) is 0 Å². The Morgan fingerprint density at radius 1 is 0.724 bits per heavy atom. The van der Waals surface area contributed by atoms with E-state index < -0.39 is 12.1 Å². The first-order chi connectivity index (χ1) is 14.2. The van der Waals surface area contributed by atoms with Crippen LogP contribution in [0.25, 0.3) is 0 Å². The lowest BCUT2D eigenvalue weighted by atomic mass is 10.2. The van der Waals surface area contributed by atoms with Gasteiger partial charge in [0.1, 0.15) is 6.10 Å². The predicted molar refractivity (Wildman–Crippen MR) is 122 cm³/mol. The maximum absolute atomic E-state index is 11.4. The van der Waals surface area contributed by atoms with Crippen molar-refractivity contribution in [2.75, 3.05) is 13.2 Å². The molecule has 0 aromatic carbocycles. The lowest BCUT2D eigenvalue weighted by Gasteiger charge is -2.11. The molecule has 0 atom stereocenters. The minimum absolute atomic E-state index is 0.252. The number of esters is 1. The average Bonchev–Trinajstić information content (AvgIpc) is 2.73. The molecule has 4 heteroatoms. The topological polar surface area (TPSA) is 66.8 Å². The molecular weight excluding hydrogens is 364 g/mol. The molecule has 0 amide bonds. The molecule has 0 aromatic rings. The van der Waals surface area contributed by atoms with Gasteiger partial charge in [-0.25, -0.2) is 0 Å². The Labute approximate surface area is 177 Å². The Balaban J connectivity index is 3.60. The Hall–Kier alpha value is -1.91. The fourth-order valence-corrected chi connectivity index (χ4v) is 2.41. The summed E-state index contributed by atoms with van der Waals surface area (Å²) in [6, 6.07) is 0. The van der Waals surface area contributed by atoms with Gasteiger partial charge in [0, 0.05) is 6.42 Å². The van der Waals surface area contributed by atoms with Crippen molar-refractivity contribution in [1.29, 1.82) is 0 Å². The summed E-state index contributed by atoms with van der Waals surface area (Å²) < 4.78 is 4.88. The zero-order valence-electron chi connectivity index (χ0n) is 18.0. The molecule has 164 valence electrons. The van der Waals surface area contributed by atoms with Crippen LogP contribution in [0.2, 0.25) is 0 Å². The number of hydrogen-bond donors (Lipinski definition) is 2. The van der Waals surface area contributed by atoms with Crippen molar-refractivity contribution in [2.24, 2.45) is 0 Å². The molecule has 0 heterocycles. The number of unbranched alkanes of at least 4 members (excludes halogenated alkanes) is 3. The molecule has 0 rings (SSSR count). The quantitative estimate of drug-likeness (QED) is 0.178. The van der Waals surface area contributed by atoms with E-state index in [1.165, 1.54) is 25.7 Å². The summed E-state index contributed by atoms with van der Waals surface area (Å²) in [5.74, 6) is -0.402. The molecule has 0 saturated carbocycles. The first kappa shape index (κ1) is 27.1. The van der Waals surface area contributed by atoms with Crippen molar-refractivity contribution in [3.05, 3.63) is 60.8 Å². The van der Waals surface area contributed by atoms with E-state index in [2.05, 4.69) is 55.5 Å². The second-order valence-corrected chi connectivity index (χ2v) is 6.81. The highest BCUT2D eigenvalue weighted by atomic mass is 16.6. The van der Waals surface area contributed by atoms with Gasteiger partial charge in [0.2, 0.25) is 0 Å². The van der Waals surface area contributed by atoms with Gasteiger partial charge in [0.15, 0.2) is 0 Å². The average molecular weight is 405 g/mol. The van der Waals surface area contributed by atoms with Crippen molar-refractivity contribution in [2.45, 2.75) is 77.2 Å². The summed E-state index contributed by atoms with van der Waals surface area (Å²) in [4.78, 5) is 11.4. The minimum Gasteiger partial charge on any atom is -0.457 e. The third-order valence-electron chi connectivity index (χ3n) is 4.12. The van der Waals surface area contributed by atoms with Crippen molar-refractivity contribution >= 4 is 5.97 Å². The molecule has 0 bridgehead atoms. The van der Waals surface area contributed by atoms with Crippen LogP contribution in [0.3, 0.4) is 0 Å². The van der Waals surface area contributed by atoms with E-state index in [4.69, 9.17) is 14.9 Å². The third kappa shape index (κ3) is 20.6. The fourth-order valence-electron chi connectivity index (χ4n) is 2.41. The molecule has 0 aliphatic heterocycles. The summed E-state index contributed by atoms with van der Waals surface area (Å²) >= 11 is 0. The largest absolute Gasteiger partial charge is 0.457 e. The number of aliphatic hydroxyl groups is 2. The molecule has 0 radical (unpaired) electrons. The number of ether oxygens (including phenoxy) is 1. The monoisotopic (exact) mass is 404 g/mol. The third-order valence-corrected chi connectivity index (χ3v) is 4.12. The fraction of sp³-hybridized carbons (Fsp3) is 0.560. The summed E-state index contributed by atoms with van der Waals surface area (Å²) in [7, 11) is 0. The Morgan fingerprint density at radius 2 is 1.17 bits per heavy atom. The van der Waals surface area contributed by atoms with Gasteiger partial charge in [0.05, 0.1) is 13.2 Å². The zero-order chi connectivity index (χ0) is 21.4. The van der Waals surface area contributed by atoms with Crippen LogP contribution in [0.15, 0.2) is 60.8 Å². The maximum atomic E-state index is 11.4. The molecule has 0 fully saturated rings. The van der Waals surface area contributed by atoms with E-state index in [0.29, 0.717) is 6.42 Å². The van der Waals surface area contributed by atoms with Crippen LogP contribution in [0, 0.1) is 0 Å². The highest BCUT2D eigenvalue weighted by Crippen LogP contribution is 2.02. The lowest BCUT2D eigenvalue weighted by molar-refractivity contribution is -0.153. The molecule has 4 nitrogen and oxygen atoms in total. The number of rotatable bonds is 18. The summed E-state index contributed by atoms with van der Waals surface area (Å²) in [6.45, 7) is 1.52. The van der Waals surface area contributed by atoms with Crippen LogP contribution in [0.4, 0.5) is 0 Å². The van der Waals surface area contributed by atoms with Gasteiger partial charge in [-0.05, 0) is 44.9 Å². The molecule has 2 N–H and O–H groups in total. The Kier molecular flexibility index (Phi) is 20.9. The van der Waals surface area contributed by atoms with Gasteiger partial charge in [-0.2, -0.15) is 0 Å². The number of aliphatic hydroxyl groups excluding tert-OH is 2. The normalized spacial score (nSPS) is 12.7. The summed E-state index contributed by atoms with van der Waals surface area (Å²) in [5, 5.41) is 17.7. The van der Waals surface area contributed by atoms with Crippen LogP contribution < -0.4 is 0 Å². The first-order valence-electron chi connectivity index (χ1n) is 10.9. The second kappa shape index (κ2) is 22.4. The molecule has 0 saturated heterocycles. The Bertz CT molecular complexity index is 511. The first-order valence-corrected chi connectivity index (χ1v) is 10.9. The molecule has 29 heavy (non-hydrogen) atoms. The molecule has 0 aliphatic rings. The van der Waals surface area contributed by atoms with Gasteiger partial charge in [0.25, 0.3) is 0 Å². The highest BCUT2D eigenvalue weighted by Gasteiger charge is 2.10. The molecule has 0 unspecified atom stereocenters. The molecule has 0 spiro atoms. The predicted octanol–water partition coefficient (Wildman–Crippen LogP) is 5.58. The SMILES string of the molecule is CCCCC/C=C\C/C=C\C/C=C\C/C=C\C/C=C\CCC(=O)OC(CO)CO. The second-order valence-electron chi connectivity index (χ2n) is 6.81. The number of allylic oxidation sites excluding steroid dienone is 10. The van der Waals surface area contributed by atoms with E-state index in [0.717, 1.165) is 25.7 Å². The van der Waals surface area contributed by atoms with Crippen LogP contribution in [0.5, 0.6) is 0 Å². The van der Waals surface area contributed by atoms with Gasteiger partial charge in [-0.15, -0.1) is 0 Å². The van der Waals surface area contributed by atoms with E-state index >= 15 is 0 Å². The minimum atomic E-state index is -0.810. The van der Waals surface area contributed by atoms with E-state index in [-0.39, 0.29) is 19.6 Å². The van der Waals surface area contributed by atoms with Crippen molar-refractivity contribution < 1.29 is 19.7 Å². The van der Waals surface area contributed by atoms with Crippen LogP contribution in [-0.4, -0.2) is 35.5 Å². The summed E-state index contributed by atoms with van der Waals surface area (Å²) in [6.07, 6.45) is 30.4. The Morgan fingerprint density at radius 3 is 1.62 bits per heavy atom. The van der Waals surface area contributed by atoms with Crippen molar-refractivity contribution in [3.63, 3.8) is 0 Å². The van der Waals surface area contributed by atoms with E-state index in [9.17, 15) is 4.79 Å². The number of carbonyl (C=O) groups excluding carboxylic acids is 1. The maximum Gasteiger partial charge on any atom is 0.306 e. The van der Waals surface area contributed by atoms with E-state index in [1.807, 2.05) is 12.2 Å². The van der Waals surface area contributed by atoms with Gasteiger partial charge < -0.3 is 14.9 Å². The van der Waals surface area contributed by atoms with Crippen molar-refractivity contribution in [3.8, 4) is 0 Å². The van der Waals surface area contributed by atoms with Gasteiger partial charge >= 0.3 is 5.97 Å². The van der Waals surface area contributed by atoms with E-state index in [1.54, 1.807) is 0 Å². The number of carbonyl (C=O) groups is 1. The number of hydrogen-bond acceptors (Lipinski definition) is 4. The van der Waals surface area contributed by atoms with Gasteiger partial charge in [-0.1, -0.05) is 80.5 Å². The molecule has 0 aromatic heterocycles. The van der Waals surface area contributed by atoms with Gasteiger partial charge in [-0.3, -0.25) is 4.79 Å². The highest BCUT2D eigenvalue weighted by molar-refractivity contribution is 5.69. The van der Waals surface area contributed by atoms with Crippen LogP contribution >= 0.6 is 0 Å². The smallest absolute Gasteiger partial charge is 0.306 e. The zero-order valence-corrected chi connectivity index (χ0v) is 18.0.